The van der Waals surface area contributed by atoms with Gasteiger partial charge in [0, 0.05) is 0 Å². The van der Waals surface area contributed by atoms with E-state index in [9.17, 15) is 0 Å². The molecule has 13 heavy (non-hydrogen) atoms. The van der Waals surface area contributed by atoms with Gasteiger partial charge in [-0.1, -0.05) is 68.0 Å². The molecule has 0 atom stereocenters. The molecule has 0 radical (unpaired) electrons. The maximum atomic E-state index is 3.86. The van der Waals surface area contributed by atoms with Crippen LogP contribution in [0.3, 0.4) is 0 Å². The summed E-state index contributed by atoms with van der Waals surface area (Å²) in [7, 11) is -0.679. The van der Waals surface area contributed by atoms with Gasteiger partial charge >= 0.3 is 0 Å². The van der Waals surface area contributed by atoms with Crippen LogP contribution in [0.5, 0.6) is 0 Å². The maximum absolute atomic E-state index is 3.86. The van der Waals surface area contributed by atoms with Crippen molar-refractivity contribution in [3.05, 3.63) is 36.4 Å². The first-order valence-electron chi connectivity index (χ1n) is 5.04. The number of benzene rings is 1. The van der Waals surface area contributed by atoms with Crippen molar-refractivity contribution in [2.75, 3.05) is 0 Å². The van der Waals surface area contributed by atoms with Crippen molar-refractivity contribution in [1.82, 2.24) is 0 Å². The molecule has 0 aliphatic carbocycles. The Morgan fingerprint density at radius 1 is 1.23 bits per heavy atom. The topological polar surface area (TPSA) is 0 Å². The van der Waals surface area contributed by atoms with Crippen LogP contribution in [0.1, 0.15) is 19.4 Å². The lowest BCUT2D eigenvalue weighted by Gasteiger charge is -2.13. The van der Waals surface area contributed by atoms with E-state index in [1.807, 2.05) is 6.08 Å². The molecule has 0 saturated carbocycles. The van der Waals surface area contributed by atoms with Crippen LogP contribution < -0.4 is 5.19 Å². The standard InChI is InChI=1S/C12H18Si/c1-4-11-9-7-8-10-12(11)13(5-2)6-3/h4,7-10,13H,1,5-6H2,2-3H3. The molecule has 70 valence electrons. The van der Waals surface area contributed by atoms with Crippen LogP contribution in [0.25, 0.3) is 6.08 Å². The van der Waals surface area contributed by atoms with Gasteiger partial charge in [0.25, 0.3) is 0 Å². The molecule has 0 heterocycles. The Balaban J connectivity index is 3.03. The van der Waals surface area contributed by atoms with E-state index < -0.39 is 8.80 Å². The predicted molar refractivity (Wildman–Crippen MR) is 64.3 cm³/mol. The average molecular weight is 190 g/mol. The zero-order valence-electron chi connectivity index (χ0n) is 8.59. The molecule has 0 N–H and O–H groups in total. The molecule has 0 aromatic heterocycles. The predicted octanol–water partition coefficient (Wildman–Crippen LogP) is 2.80. The first-order valence-corrected chi connectivity index (χ1v) is 7.25. The number of hydrogen-bond donors (Lipinski definition) is 0. The summed E-state index contributed by atoms with van der Waals surface area (Å²) in [6.45, 7) is 8.48. The second-order valence-electron chi connectivity index (χ2n) is 3.35. The van der Waals surface area contributed by atoms with Crippen LogP contribution >= 0.6 is 0 Å². The highest BCUT2D eigenvalue weighted by Gasteiger charge is 2.10. The van der Waals surface area contributed by atoms with E-state index in [1.54, 1.807) is 5.19 Å². The lowest BCUT2D eigenvalue weighted by molar-refractivity contribution is 1.33. The minimum atomic E-state index is -0.679. The Bertz CT molecular complexity index is 274. The van der Waals surface area contributed by atoms with Gasteiger partial charge in [-0.3, -0.25) is 0 Å². The van der Waals surface area contributed by atoms with Gasteiger partial charge in [-0.15, -0.1) is 0 Å². The van der Waals surface area contributed by atoms with Gasteiger partial charge in [0.05, 0.1) is 8.80 Å². The monoisotopic (exact) mass is 190 g/mol. The van der Waals surface area contributed by atoms with Gasteiger partial charge in [-0.2, -0.15) is 0 Å². The summed E-state index contributed by atoms with van der Waals surface area (Å²) >= 11 is 0. The zero-order chi connectivity index (χ0) is 9.68. The van der Waals surface area contributed by atoms with Gasteiger partial charge in [-0.05, 0) is 5.56 Å². The van der Waals surface area contributed by atoms with Crippen molar-refractivity contribution in [1.29, 1.82) is 0 Å². The number of rotatable bonds is 4. The summed E-state index contributed by atoms with van der Waals surface area (Å²) in [6, 6.07) is 11.4. The molecule has 0 aliphatic heterocycles. The van der Waals surface area contributed by atoms with Gasteiger partial charge in [0.2, 0.25) is 0 Å². The van der Waals surface area contributed by atoms with Crippen molar-refractivity contribution in [2.24, 2.45) is 0 Å². The first-order chi connectivity index (χ1) is 6.33. The fourth-order valence-electron chi connectivity index (χ4n) is 1.80. The molecule has 1 heteroatoms. The van der Waals surface area contributed by atoms with Gasteiger partial charge in [-0.25, -0.2) is 0 Å². The van der Waals surface area contributed by atoms with E-state index in [4.69, 9.17) is 0 Å². The van der Waals surface area contributed by atoms with Crippen molar-refractivity contribution in [2.45, 2.75) is 25.9 Å². The Morgan fingerprint density at radius 3 is 2.38 bits per heavy atom. The van der Waals surface area contributed by atoms with E-state index >= 15 is 0 Å². The van der Waals surface area contributed by atoms with E-state index in [1.165, 1.54) is 17.7 Å². The van der Waals surface area contributed by atoms with Crippen LogP contribution in [0, 0.1) is 0 Å². The molecule has 0 nitrogen and oxygen atoms in total. The van der Waals surface area contributed by atoms with Crippen LogP contribution in [-0.2, 0) is 0 Å². The Hall–Kier alpha value is -0.823. The molecule has 0 bridgehead atoms. The Labute approximate surface area is 82.9 Å². The molecule has 0 spiro atoms. The largest absolute Gasteiger partial charge is 0.0985 e. The molecule has 0 amide bonds. The highest BCUT2D eigenvalue weighted by molar-refractivity contribution is 6.73. The summed E-state index contributed by atoms with van der Waals surface area (Å²) < 4.78 is 0. The van der Waals surface area contributed by atoms with E-state index in [0.717, 1.165) is 0 Å². The summed E-state index contributed by atoms with van der Waals surface area (Å²) in [5, 5.41) is 1.59. The molecule has 0 aliphatic rings. The average Bonchev–Trinajstić information content (AvgIpc) is 2.20. The van der Waals surface area contributed by atoms with Crippen molar-refractivity contribution < 1.29 is 0 Å². The normalized spacial score (nSPS) is 10.4. The molecule has 1 rings (SSSR count). The van der Waals surface area contributed by atoms with E-state index in [-0.39, 0.29) is 0 Å². The molecular formula is C12H18Si. The van der Waals surface area contributed by atoms with Crippen molar-refractivity contribution >= 4 is 20.1 Å². The Morgan fingerprint density at radius 2 is 1.85 bits per heavy atom. The SMILES string of the molecule is C=Cc1ccccc1[SiH](CC)CC. The molecule has 0 fully saturated rings. The van der Waals surface area contributed by atoms with Crippen molar-refractivity contribution in [3.8, 4) is 0 Å². The quantitative estimate of drug-likeness (QED) is 0.641. The second-order valence-corrected chi connectivity index (χ2v) is 7.00. The van der Waals surface area contributed by atoms with Crippen LogP contribution in [0.4, 0.5) is 0 Å². The molecule has 0 saturated heterocycles. The van der Waals surface area contributed by atoms with E-state index in [0.29, 0.717) is 0 Å². The summed E-state index contributed by atoms with van der Waals surface area (Å²) in [5.74, 6) is 0. The zero-order valence-corrected chi connectivity index (χ0v) is 9.74. The smallest absolute Gasteiger partial charge is 0.0710 e. The second kappa shape index (κ2) is 5.03. The van der Waals surface area contributed by atoms with Gasteiger partial charge < -0.3 is 0 Å². The fraction of sp³-hybridized carbons (Fsp3) is 0.333. The maximum Gasteiger partial charge on any atom is 0.0710 e. The fourth-order valence-corrected chi connectivity index (χ4v) is 4.32. The summed E-state index contributed by atoms with van der Waals surface area (Å²) in [5.41, 5.74) is 1.35. The van der Waals surface area contributed by atoms with Crippen molar-refractivity contribution in [3.63, 3.8) is 0 Å². The molecule has 0 unspecified atom stereocenters. The minimum absolute atomic E-state index is 0.679. The van der Waals surface area contributed by atoms with Gasteiger partial charge in [0.1, 0.15) is 0 Å². The third kappa shape index (κ3) is 2.31. The molecule has 1 aromatic carbocycles. The summed E-state index contributed by atoms with van der Waals surface area (Å²) in [4.78, 5) is 0. The lowest BCUT2D eigenvalue weighted by Crippen LogP contribution is -2.30. The molecule has 1 aromatic rings. The third-order valence-electron chi connectivity index (χ3n) is 2.64. The Kier molecular flexibility index (Phi) is 3.97. The third-order valence-corrected chi connectivity index (χ3v) is 6.02. The van der Waals surface area contributed by atoms with Crippen LogP contribution in [0.2, 0.25) is 12.1 Å². The van der Waals surface area contributed by atoms with Gasteiger partial charge in [0.15, 0.2) is 0 Å². The summed E-state index contributed by atoms with van der Waals surface area (Å²) in [6.07, 6.45) is 1.99. The molecular weight excluding hydrogens is 172 g/mol. The van der Waals surface area contributed by atoms with Crippen LogP contribution in [-0.4, -0.2) is 8.80 Å². The lowest BCUT2D eigenvalue weighted by atomic mass is 10.2. The van der Waals surface area contributed by atoms with E-state index in [2.05, 4.69) is 44.7 Å². The highest BCUT2D eigenvalue weighted by atomic mass is 28.3. The van der Waals surface area contributed by atoms with Crippen LogP contribution in [0.15, 0.2) is 30.8 Å². The first kappa shape index (κ1) is 10.3. The minimum Gasteiger partial charge on any atom is -0.0985 e. The number of hydrogen-bond acceptors (Lipinski definition) is 0. The highest BCUT2D eigenvalue weighted by Crippen LogP contribution is 2.05.